The molecule has 0 aromatic rings. The van der Waals surface area contributed by atoms with E-state index in [1.807, 2.05) is 0 Å². The van der Waals surface area contributed by atoms with Gasteiger partial charge < -0.3 is 9.84 Å². The summed E-state index contributed by atoms with van der Waals surface area (Å²) < 4.78 is 59.8. The Labute approximate surface area is 120 Å². The number of alkyl halides is 2. The molecule has 0 saturated heterocycles. The van der Waals surface area contributed by atoms with E-state index in [4.69, 9.17) is 16.4 Å². The van der Waals surface area contributed by atoms with Gasteiger partial charge in [0, 0.05) is 5.92 Å². The summed E-state index contributed by atoms with van der Waals surface area (Å²) in [6.45, 7) is -1.66. The molecule has 5 unspecified atom stereocenters. The Balaban J connectivity index is 1.99. The van der Waals surface area contributed by atoms with Gasteiger partial charge in [-0.2, -0.15) is 17.2 Å². The van der Waals surface area contributed by atoms with Crippen LogP contribution in [-0.4, -0.2) is 41.9 Å². The molecule has 0 aliphatic heterocycles. The molecular weight excluding hydrogens is 308 g/mol. The normalized spacial score (nSPS) is 35.5. The number of hydrogen-bond acceptors (Lipinski definition) is 5. The van der Waals surface area contributed by atoms with Crippen LogP contribution in [0.4, 0.5) is 8.78 Å². The van der Waals surface area contributed by atoms with Crippen molar-refractivity contribution in [2.45, 2.75) is 24.2 Å². The van der Waals surface area contributed by atoms with Crippen LogP contribution in [0.3, 0.4) is 0 Å². The van der Waals surface area contributed by atoms with Gasteiger partial charge in [0.2, 0.25) is 0 Å². The minimum atomic E-state index is -5.60. The molecule has 2 aliphatic carbocycles. The van der Waals surface area contributed by atoms with E-state index in [1.54, 1.807) is 0 Å². The number of aliphatic hydroxyl groups is 1. The Hall–Kier alpha value is -1.24. The predicted octanol–water partition coefficient (Wildman–Crippen LogP) is 0.727. The Kier molecular flexibility index (Phi) is 3.99. The van der Waals surface area contributed by atoms with Crippen LogP contribution in [0.2, 0.25) is 0 Å². The van der Waals surface area contributed by atoms with Crippen molar-refractivity contribution in [1.29, 1.82) is 5.41 Å². The number of aliphatic hydroxyl groups excluding tert-OH is 1. The molecule has 0 spiro atoms. The Bertz CT molecular complexity index is 583. The molecule has 0 aromatic heterocycles. The summed E-state index contributed by atoms with van der Waals surface area (Å²) in [6.07, 6.45) is 5.52. The molecule has 2 bridgehead atoms. The minimum Gasteiger partial charge on any atom is -0.473 e. The van der Waals surface area contributed by atoms with Crippen molar-refractivity contribution in [2.24, 2.45) is 23.7 Å². The molecule has 21 heavy (non-hydrogen) atoms. The van der Waals surface area contributed by atoms with Crippen molar-refractivity contribution in [3.05, 3.63) is 0 Å². The van der Waals surface area contributed by atoms with Crippen LogP contribution >= 0.6 is 0 Å². The molecule has 2 saturated carbocycles. The molecule has 2 rings (SSSR count). The fraction of sp³-hybridized carbons (Fsp3) is 0.750. The van der Waals surface area contributed by atoms with Crippen LogP contribution in [-0.2, 0) is 14.9 Å². The number of nitrogens with one attached hydrogen (secondary N) is 1. The summed E-state index contributed by atoms with van der Waals surface area (Å²) in [7, 11) is -5.60. The third kappa shape index (κ3) is 2.75. The molecule has 118 valence electrons. The molecule has 0 aromatic carbocycles. The van der Waals surface area contributed by atoms with E-state index in [1.165, 1.54) is 0 Å². The summed E-state index contributed by atoms with van der Waals surface area (Å²) >= 11 is 0. The quantitative estimate of drug-likeness (QED) is 0.306. The summed E-state index contributed by atoms with van der Waals surface area (Å²) in [5, 5.41) is 13.2. The van der Waals surface area contributed by atoms with Crippen molar-refractivity contribution in [3.8, 4) is 12.3 Å². The molecule has 2 aliphatic rings. The summed E-state index contributed by atoms with van der Waals surface area (Å²) in [5.74, 6) is 0.746. The maximum absolute atomic E-state index is 13.0. The number of rotatable bonds is 4. The second kappa shape index (κ2) is 5.19. The standard InChI is InChI=1S/C12H15F2NO5S/c1-2-6-3-7-4-8(6)10(16)9(7)11(15)20-5-12(13,14)21(17,18)19/h1,6-10,15-16H,3-5H2,(H,17,18,19). The number of terminal acetylenes is 1. The largest absolute Gasteiger partial charge is 0.473 e. The molecule has 3 N–H and O–H groups in total. The highest BCUT2D eigenvalue weighted by molar-refractivity contribution is 7.86. The third-order valence-corrected chi connectivity index (χ3v) is 5.13. The van der Waals surface area contributed by atoms with Gasteiger partial charge in [-0.1, -0.05) is 0 Å². The average molecular weight is 323 g/mol. The lowest BCUT2D eigenvalue weighted by molar-refractivity contribution is 0.0106. The first-order chi connectivity index (χ1) is 9.58. The number of hydrogen-bond donors (Lipinski definition) is 3. The van der Waals surface area contributed by atoms with Crippen molar-refractivity contribution in [1.82, 2.24) is 0 Å². The van der Waals surface area contributed by atoms with E-state index in [2.05, 4.69) is 10.7 Å². The van der Waals surface area contributed by atoms with Gasteiger partial charge in [-0.15, -0.1) is 12.3 Å². The fourth-order valence-corrected chi connectivity index (χ4v) is 3.43. The van der Waals surface area contributed by atoms with Gasteiger partial charge in [0.15, 0.2) is 12.5 Å². The fourth-order valence-electron chi connectivity index (χ4n) is 3.22. The number of halogens is 2. The predicted molar refractivity (Wildman–Crippen MR) is 68.2 cm³/mol. The van der Waals surface area contributed by atoms with Crippen molar-refractivity contribution in [3.63, 3.8) is 0 Å². The van der Waals surface area contributed by atoms with Crippen LogP contribution in [0, 0.1) is 41.4 Å². The molecular formula is C12H15F2NO5S. The van der Waals surface area contributed by atoms with Gasteiger partial charge in [-0.25, -0.2) is 0 Å². The van der Waals surface area contributed by atoms with Crippen molar-refractivity contribution < 1.29 is 31.6 Å². The second-order valence-electron chi connectivity index (χ2n) is 5.45. The summed E-state index contributed by atoms with van der Waals surface area (Å²) in [6, 6.07) is 0. The maximum Gasteiger partial charge on any atom is 0.402 e. The van der Waals surface area contributed by atoms with Crippen molar-refractivity contribution >= 4 is 16.0 Å². The summed E-state index contributed by atoms with van der Waals surface area (Å²) in [5.41, 5.74) is 0. The molecule has 0 radical (unpaired) electrons. The van der Waals surface area contributed by atoms with Crippen molar-refractivity contribution in [2.75, 3.05) is 6.61 Å². The topological polar surface area (TPSA) is 108 Å². The van der Waals surface area contributed by atoms with Crippen LogP contribution in [0.15, 0.2) is 0 Å². The molecule has 0 heterocycles. The first-order valence-electron chi connectivity index (χ1n) is 6.28. The highest BCUT2D eigenvalue weighted by Gasteiger charge is 2.54. The van der Waals surface area contributed by atoms with Crippen LogP contribution in [0.1, 0.15) is 12.8 Å². The highest BCUT2D eigenvalue weighted by atomic mass is 32.2. The Morgan fingerprint density at radius 3 is 2.57 bits per heavy atom. The van der Waals surface area contributed by atoms with Crippen LogP contribution in [0.5, 0.6) is 0 Å². The van der Waals surface area contributed by atoms with E-state index in [0.717, 1.165) is 0 Å². The SMILES string of the molecule is C#CC1CC2CC1C(O)C2C(=N)OCC(F)(F)S(=O)(=O)O. The Morgan fingerprint density at radius 1 is 1.48 bits per heavy atom. The lowest BCUT2D eigenvalue weighted by atomic mass is 9.80. The zero-order chi connectivity index (χ0) is 16.0. The molecule has 2 fully saturated rings. The van der Waals surface area contributed by atoms with Gasteiger partial charge in [0.1, 0.15) is 0 Å². The average Bonchev–Trinajstić information content (AvgIpc) is 2.91. The number of ether oxygens (including phenoxy) is 1. The maximum atomic E-state index is 13.0. The summed E-state index contributed by atoms with van der Waals surface area (Å²) in [4.78, 5) is 0. The first-order valence-corrected chi connectivity index (χ1v) is 7.72. The third-order valence-electron chi connectivity index (χ3n) is 4.25. The number of fused-ring (bicyclic) bond motifs is 2. The zero-order valence-corrected chi connectivity index (χ0v) is 11.7. The monoisotopic (exact) mass is 323 g/mol. The van der Waals surface area contributed by atoms with Gasteiger partial charge in [0.25, 0.3) is 0 Å². The van der Waals surface area contributed by atoms with Gasteiger partial charge >= 0.3 is 15.4 Å². The zero-order valence-electron chi connectivity index (χ0n) is 10.9. The van der Waals surface area contributed by atoms with E-state index in [-0.39, 0.29) is 17.8 Å². The molecule has 0 amide bonds. The first kappa shape index (κ1) is 16.1. The van der Waals surface area contributed by atoms with E-state index < -0.39 is 39.9 Å². The van der Waals surface area contributed by atoms with E-state index >= 15 is 0 Å². The second-order valence-corrected chi connectivity index (χ2v) is 7.00. The van der Waals surface area contributed by atoms with Gasteiger partial charge in [-0.05, 0) is 24.7 Å². The van der Waals surface area contributed by atoms with Crippen LogP contribution in [0.25, 0.3) is 0 Å². The lowest BCUT2D eigenvalue weighted by Gasteiger charge is -2.30. The van der Waals surface area contributed by atoms with Gasteiger partial charge in [0.05, 0.1) is 12.0 Å². The van der Waals surface area contributed by atoms with Gasteiger partial charge in [-0.3, -0.25) is 9.96 Å². The van der Waals surface area contributed by atoms with E-state index in [9.17, 15) is 22.3 Å². The van der Waals surface area contributed by atoms with E-state index in [0.29, 0.717) is 12.8 Å². The van der Waals surface area contributed by atoms with Crippen LogP contribution < -0.4 is 0 Å². The highest BCUT2D eigenvalue weighted by Crippen LogP contribution is 2.52. The molecule has 9 heteroatoms. The molecule has 6 nitrogen and oxygen atoms in total. The Morgan fingerprint density at radius 2 is 2.10 bits per heavy atom. The smallest absolute Gasteiger partial charge is 0.402 e. The lowest BCUT2D eigenvalue weighted by Crippen LogP contribution is -2.40. The molecule has 5 atom stereocenters. The minimum absolute atomic E-state index is 0.103.